The molecule has 5 aliphatic rings. The average Bonchev–Trinajstić information content (AvgIpc) is 3.34. The number of carbonyl (C=O) groups is 3. The number of nitrogens with one attached hydrogen (secondary N) is 2. The van der Waals surface area contributed by atoms with Gasteiger partial charge in [-0.3, -0.25) is 25.0 Å². The Balaban J connectivity index is 1.16. The lowest BCUT2D eigenvalue weighted by molar-refractivity contribution is -0.381. The van der Waals surface area contributed by atoms with Crippen molar-refractivity contribution in [3.8, 4) is 0 Å². The highest BCUT2D eigenvalue weighted by Crippen LogP contribution is 2.66. The van der Waals surface area contributed by atoms with E-state index in [1.807, 2.05) is 0 Å². The lowest BCUT2D eigenvalue weighted by Crippen LogP contribution is -2.76. The van der Waals surface area contributed by atoms with Gasteiger partial charge >= 0.3 is 16.5 Å². The van der Waals surface area contributed by atoms with Crippen molar-refractivity contribution < 1.29 is 41.1 Å². The first-order chi connectivity index (χ1) is 15.2. The van der Waals surface area contributed by atoms with E-state index in [1.54, 1.807) is 25.7 Å². The number of hydroxylamine groups is 2. The second kappa shape index (κ2) is 6.99. The van der Waals surface area contributed by atoms with Crippen molar-refractivity contribution in [3.63, 3.8) is 0 Å². The maximum Gasteiger partial charge on any atom is 0.413 e. The van der Waals surface area contributed by atoms with Crippen LogP contribution in [0.3, 0.4) is 0 Å². The molecule has 5 fully saturated rings. The Labute approximate surface area is 190 Å². The molecule has 0 aromatic heterocycles. The molecule has 15 heteroatoms. The van der Waals surface area contributed by atoms with E-state index in [-0.39, 0.29) is 24.5 Å². The highest BCUT2D eigenvalue weighted by Gasteiger charge is 2.77. The van der Waals surface area contributed by atoms with E-state index in [1.165, 1.54) is 4.90 Å². The fraction of sp³-hybridized carbons (Fsp3) is 0.833. The second-order valence-electron chi connectivity index (χ2n) is 10.3. The largest absolute Gasteiger partial charge is 0.444 e. The Morgan fingerprint density at radius 3 is 2.36 bits per heavy atom. The number of carbonyl (C=O) groups excluding carboxylic acids is 3. The first kappa shape index (κ1) is 22.7. The normalized spacial score (nSPS) is 32.7. The molecule has 1 unspecified atom stereocenters. The molecule has 0 aromatic carbocycles. The van der Waals surface area contributed by atoms with E-state index in [0.29, 0.717) is 13.0 Å². The van der Waals surface area contributed by atoms with Crippen LogP contribution in [0.25, 0.3) is 0 Å². The summed E-state index contributed by atoms with van der Waals surface area (Å²) in [6.45, 7) is 5.95. The van der Waals surface area contributed by atoms with E-state index in [2.05, 4.69) is 10.9 Å². The molecule has 184 valence electrons. The van der Waals surface area contributed by atoms with Crippen molar-refractivity contribution in [3.05, 3.63) is 0 Å². The van der Waals surface area contributed by atoms with Gasteiger partial charge in [-0.2, -0.15) is 12.7 Å². The molecule has 3 amide bonds. The Hall–Kier alpha value is -2.04. The molecule has 5 rings (SSSR count). The van der Waals surface area contributed by atoms with Crippen molar-refractivity contribution in [2.75, 3.05) is 19.6 Å². The number of nitrogens with zero attached hydrogens (tertiary/aromatic N) is 3. The third-order valence-corrected chi connectivity index (χ3v) is 7.22. The van der Waals surface area contributed by atoms with Crippen LogP contribution >= 0.6 is 0 Å². The maximum absolute atomic E-state index is 13.0. The molecule has 3 N–H and O–H groups in total. The summed E-state index contributed by atoms with van der Waals surface area (Å²) in [4.78, 5) is 40.5. The van der Waals surface area contributed by atoms with Crippen LogP contribution in [0.4, 0.5) is 4.79 Å². The Morgan fingerprint density at radius 2 is 1.79 bits per heavy atom. The van der Waals surface area contributed by atoms with E-state index in [4.69, 9.17) is 18.3 Å². The molecular weight excluding hydrogens is 462 g/mol. The van der Waals surface area contributed by atoms with Crippen LogP contribution < -0.4 is 10.9 Å². The van der Waals surface area contributed by atoms with Crippen LogP contribution in [0, 0.1) is 11.3 Å². The van der Waals surface area contributed by atoms with Gasteiger partial charge in [-0.05, 0) is 39.0 Å². The molecular formula is C18H27N5O9S. The number of hydrogen-bond acceptors (Lipinski definition) is 10. The number of rotatable bonds is 4. The smallest absolute Gasteiger partial charge is 0.413 e. The highest BCUT2D eigenvalue weighted by molar-refractivity contribution is 7.80. The van der Waals surface area contributed by atoms with Crippen LogP contribution in [0.2, 0.25) is 0 Å². The molecule has 0 aromatic rings. The first-order valence-corrected chi connectivity index (χ1v) is 12.1. The molecule has 3 atom stereocenters. The topological polar surface area (TPSA) is 167 Å². The van der Waals surface area contributed by atoms with E-state index < -0.39 is 51.9 Å². The fourth-order valence-corrected chi connectivity index (χ4v) is 5.45. The predicted octanol–water partition coefficient (Wildman–Crippen LogP) is -1.08. The molecule has 1 saturated carbocycles. The van der Waals surface area contributed by atoms with E-state index in [0.717, 1.165) is 17.9 Å². The summed E-state index contributed by atoms with van der Waals surface area (Å²) < 4.78 is 47.4. The number of likely N-dealkylation sites (tertiary alicyclic amines) is 1. The Bertz CT molecular complexity index is 1000. The molecule has 4 aliphatic heterocycles. The van der Waals surface area contributed by atoms with Crippen LogP contribution in [0.5, 0.6) is 0 Å². The van der Waals surface area contributed by atoms with E-state index in [9.17, 15) is 22.8 Å². The minimum absolute atomic E-state index is 0.180. The third-order valence-electron chi connectivity index (χ3n) is 6.85. The number of ether oxygens (including phenoxy) is 2. The maximum atomic E-state index is 13.0. The molecule has 1 aliphatic carbocycles. The number of hydrazine groups is 1. The van der Waals surface area contributed by atoms with Gasteiger partial charge in [0, 0.05) is 26.1 Å². The Kier molecular flexibility index (Phi) is 4.82. The fourth-order valence-electron chi connectivity index (χ4n) is 5.05. The summed E-state index contributed by atoms with van der Waals surface area (Å²) in [6, 6.07) is -0.337. The first-order valence-electron chi connectivity index (χ1n) is 10.7. The monoisotopic (exact) mass is 489 g/mol. The number of amides is 3. The summed E-state index contributed by atoms with van der Waals surface area (Å²) in [5.74, 6) is -1.50. The summed E-state index contributed by atoms with van der Waals surface area (Å²) in [6.07, 6.45) is 0.408. The third kappa shape index (κ3) is 3.76. The predicted molar refractivity (Wildman–Crippen MR) is 106 cm³/mol. The van der Waals surface area contributed by atoms with Crippen molar-refractivity contribution in [2.45, 2.75) is 63.8 Å². The quantitative estimate of drug-likeness (QED) is 0.324. The van der Waals surface area contributed by atoms with Crippen molar-refractivity contribution in [1.82, 2.24) is 25.7 Å². The molecule has 0 radical (unpaired) electrons. The van der Waals surface area contributed by atoms with Gasteiger partial charge in [0.1, 0.15) is 5.60 Å². The van der Waals surface area contributed by atoms with Gasteiger partial charge in [-0.15, -0.1) is 5.06 Å². The van der Waals surface area contributed by atoms with Gasteiger partial charge in [0.15, 0.2) is 6.35 Å². The Morgan fingerprint density at radius 1 is 1.12 bits per heavy atom. The molecule has 33 heavy (non-hydrogen) atoms. The van der Waals surface area contributed by atoms with Crippen molar-refractivity contribution in [1.29, 1.82) is 0 Å². The molecule has 2 bridgehead atoms. The molecule has 4 saturated heterocycles. The lowest BCUT2D eigenvalue weighted by atomic mass is 9.82. The van der Waals surface area contributed by atoms with Crippen molar-refractivity contribution in [2.24, 2.45) is 11.3 Å². The van der Waals surface area contributed by atoms with Crippen LogP contribution in [-0.2, 0) is 33.7 Å². The summed E-state index contributed by atoms with van der Waals surface area (Å²) >= 11 is 0. The second-order valence-corrected chi connectivity index (χ2v) is 11.3. The van der Waals surface area contributed by atoms with Gasteiger partial charge in [0.25, 0.3) is 5.91 Å². The van der Waals surface area contributed by atoms with Crippen molar-refractivity contribution >= 4 is 28.3 Å². The SMILES string of the molecule is CC(C)(C)OC(=O)N1CC(C(=O)NNC(=O)[C@]23CC4(CC4)[C@H]4CN2C(O3)N4OS(=O)(=O)O)C1. The molecule has 4 heterocycles. The zero-order chi connectivity index (χ0) is 24.0. The summed E-state index contributed by atoms with van der Waals surface area (Å²) in [5.41, 5.74) is 2.44. The van der Waals surface area contributed by atoms with Gasteiger partial charge in [-0.25, -0.2) is 9.69 Å². The van der Waals surface area contributed by atoms with Gasteiger partial charge in [0.05, 0.1) is 12.0 Å². The number of fused-ring (bicyclic) bond motifs is 2. The van der Waals surface area contributed by atoms with Crippen LogP contribution in [-0.4, -0.2) is 89.1 Å². The van der Waals surface area contributed by atoms with Crippen LogP contribution in [0.15, 0.2) is 0 Å². The van der Waals surface area contributed by atoms with Crippen LogP contribution in [0.1, 0.15) is 40.0 Å². The summed E-state index contributed by atoms with van der Waals surface area (Å²) in [7, 11) is -4.74. The van der Waals surface area contributed by atoms with Gasteiger partial charge in [-0.1, -0.05) is 0 Å². The zero-order valence-electron chi connectivity index (χ0n) is 18.4. The minimum Gasteiger partial charge on any atom is -0.444 e. The average molecular weight is 490 g/mol. The van der Waals surface area contributed by atoms with E-state index >= 15 is 0 Å². The number of piperidine rings is 1. The number of hydrogen-bond donors (Lipinski definition) is 3. The molecule has 1 spiro atoms. The minimum atomic E-state index is -4.74. The standard InChI is InChI=1S/C18H27N5O9S/c1-16(2,3)31-15(26)21-6-10(7-21)12(24)19-20-13(25)18-9-17(4-5-17)11-8-22(18)14(30-18)23(11)32-33(27,28)29/h10-11,14H,4-9H2,1-3H3,(H,19,24)(H,20,25)(H,27,28,29)/t11-,14?,18-/m1/s1. The zero-order valence-corrected chi connectivity index (χ0v) is 19.3. The lowest BCUT2D eigenvalue weighted by Gasteiger charge is -2.54. The van der Waals surface area contributed by atoms with Gasteiger partial charge in [0.2, 0.25) is 11.6 Å². The highest BCUT2D eigenvalue weighted by atomic mass is 32.3. The summed E-state index contributed by atoms with van der Waals surface area (Å²) in [5, 5.41) is 1.10. The van der Waals surface area contributed by atoms with Gasteiger partial charge < -0.3 is 14.4 Å². The molecule has 14 nitrogen and oxygen atoms in total.